The van der Waals surface area contributed by atoms with Crippen molar-refractivity contribution in [3.05, 3.63) is 18.0 Å². The Labute approximate surface area is 109 Å². The van der Waals surface area contributed by atoms with Crippen molar-refractivity contribution in [2.24, 2.45) is 0 Å². The van der Waals surface area contributed by atoms with Gasteiger partial charge in [-0.15, -0.1) is 0 Å². The van der Waals surface area contributed by atoms with Crippen LogP contribution in [0.15, 0.2) is 12.4 Å². The van der Waals surface area contributed by atoms with E-state index in [1.165, 1.54) is 4.31 Å². The average molecular weight is 274 g/mol. The molecule has 0 saturated heterocycles. The summed E-state index contributed by atoms with van der Waals surface area (Å²) in [6, 6.07) is 0. The van der Waals surface area contributed by atoms with Crippen LogP contribution < -0.4 is 5.32 Å². The minimum atomic E-state index is -3.11. The highest BCUT2D eigenvalue weighted by Gasteiger charge is 2.12. The molecule has 7 heteroatoms. The van der Waals surface area contributed by atoms with Crippen LogP contribution in [0.1, 0.15) is 18.9 Å². The predicted molar refractivity (Wildman–Crippen MR) is 71.7 cm³/mol. The highest BCUT2D eigenvalue weighted by atomic mass is 32.2. The zero-order valence-corrected chi connectivity index (χ0v) is 12.1. The molecule has 0 aromatic carbocycles. The van der Waals surface area contributed by atoms with Crippen LogP contribution in [-0.4, -0.2) is 48.9 Å². The molecule has 0 fully saturated rings. The van der Waals surface area contributed by atoms with Crippen LogP contribution in [0.5, 0.6) is 0 Å². The van der Waals surface area contributed by atoms with Crippen LogP contribution in [-0.2, 0) is 23.1 Å². The van der Waals surface area contributed by atoms with E-state index in [4.69, 9.17) is 0 Å². The normalized spacial score (nSPS) is 12.2. The highest BCUT2D eigenvalue weighted by Crippen LogP contribution is 1.98. The van der Waals surface area contributed by atoms with E-state index in [0.717, 1.165) is 18.5 Å². The van der Waals surface area contributed by atoms with Gasteiger partial charge in [-0.25, -0.2) is 12.7 Å². The van der Waals surface area contributed by atoms with E-state index in [1.54, 1.807) is 14.1 Å². The van der Waals surface area contributed by atoms with Gasteiger partial charge in [0.2, 0.25) is 10.0 Å². The lowest BCUT2D eigenvalue weighted by Gasteiger charge is -2.11. The zero-order valence-electron chi connectivity index (χ0n) is 11.3. The lowest BCUT2D eigenvalue weighted by atomic mass is 10.3. The molecule has 6 nitrogen and oxygen atoms in total. The first-order valence-electron chi connectivity index (χ1n) is 6.08. The van der Waals surface area contributed by atoms with E-state index in [-0.39, 0.29) is 5.75 Å². The second kappa shape index (κ2) is 6.86. The third kappa shape index (κ3) is 4.75. The largest absolute Gasteiger partial charge is 0.311 e. The maximum absolute atomic E-state index is 11.5. The number of hydrogen-bond acceptors (Lipinski definition) is 4. The molecule has 0 unspecified atom stereocenters. The Morgan fingerprint density at radius 2 is 2.17 bits per heavy atom. The molecule has 1 heterocycles. The van der Waals surface area contributed by atoms with Crippen molar-refractivity contribution < 1.29 is 8.42 Å². The summed E-state index contributed by atoms with van der Waals surface area (Å²) < 4.78 is 26.1. The van der Waals surface area contributed by atoms with Crippen LogP contribution in [0.25, 0.3) is 0 Å². The molecule has 0 atom stereocenters. The number of rotatable bonds is 8. The van der Waals surface area contributed by atoms with Crippen molar-refractivity contribution in [1.82, 2.24) is 19.4 Å². The Morgan fingerprint density at radius 3 is 2.78 bits per heavy atom. The molecule has 0 aliphatic rings. The van der Waals surface area contributed by atoms with Gasteiger partial charge in [0.1, 0.15) is 0 Å². The van der Waals surface area contributed by atoms with Crippen molar-refractivity contribution in [2.75, 3.05) is 26.4 Å². The summed E-state index contributed by atoms with van der Waals surface area (Å²) in [6.07, 6.45) is 4.84. The van der Waals surface area contributed by atoms with Gasteiger partial charge in [0.05, 0.1) is 11.9 Å². The van der Waals surface area contributed by atoms with E-state index >= 15 is 0 Å². The summed E-state index contributed by atoms with van der Waals surface area (Å²) in [6.45, 7) is 4.10. The topological polar surface area (TPSA) is 67.2 Å². The summed E-state index contributed by atoms with van der Waals surface area (Å²) in [4.78, 5) is 0. The Morgan fingerprint density at radius 1 is 1.44 bits per heavy atom. The predicted octanol–water partition coefficient (Wildman–Crippen LogP) is 0.274. The third-order valence-electron chi connectivity index (χ3n) is 2.56. The highest BCUT2D eigenvalue weighted by molar-refractivity contribution is 7.89. The van der Waals surface area contributed by atoms with Crippen molar-refractivity contribution in [3.63, 3.8) is 0 Å². The Hall–Kier alpha value is -0.920. The minimum absolute atomic E-state index is 0.114. The Bertz CT molecular complexity index is 453. The fourth-order valence-corrected chi connectivity index (χ4v) is 2.23. The van der Waals surface area contributed by atoms with Crippen LogP contribution in [0.3, 0.4) is 0 Å². The lowest BCUT2D eigenvalue weighted by Crippen LogP contribution is -2.30. The monoisotopic (exact) mass is 274 g/mol. The van der Waals surface area contributed by atoms with Gasteiger partial charge in [0, 0.05) is 45.5 Å². The molecule has 0 aliphatic carbocycles. The molecule has 18 heavy (non-hydrogen) atoms. The van der Waals surface area contributed by atoms with Crippen LogP contribution in [0.4, 0.5) is 0 Å². The summed E-state index contributed by atoms with van der Waals surface area (Å²) >= 11 is 0. The lowest BCUT2D eigenvalue weighted by molar-refractivity contribution is 0.517. The summed E-state index contributed by atoms with van der Waals surface area (Å²) in [7, 11) is -0.0145. The van der Waals surface area contributed by atoms with Gasteiger partial charge in [0.15, 0.2) is 0 Å². The van der Waals surface area contributed by atoms with Crippen molar-refractivity contribution in [2.45, 2.75) is 26.4 Å². The van der Waals surface area contributed by atoms with Gasteiger partial charge in [-0.05, 0) is 6.42 Å². The van der Waals surface area contributed by atoms with E-state index in [0.29, 0.717) is 13.1 Å². The maximum atomic E-state index is 11.5. The number of sulfonamides is 1. The van der Waals surface area contributed by atoms with Gasteiger partial charge in [-0.3, -0.25) is 4.68 Å². The molecule has 0 radical (unpaired) electrons. The molecule has 0 spiro atoms. The van der Waals surface area contributed by atoms with Crippen molar-refractivity contribution >= 4 is 10.0 Å². The Balaban J connectivity index is 2.29. The number of aromatic nitrogens is 2. The van der Waals surface area contributed by atoms with Gasteiger partial charge in [-0.2, -0.15) is 5.10 Å². The zero-order chi connectivity index (χ0) is 13.6. The number of hydrogen-bond donors (Lipinski definition) is 1. The van der Waals surface area contributed by atoms with Gasteiger partial charge < -0.3 is 5.32 Å². The molecule has 0 saturated carbocycles. The smallest absolute Gasteiger partial charge is 0.214 e. The van der Waals surface area contributed by atoms with E-state index in [2.05, 4.69) is 17.3 Å². The van der Waals surface area contributed by atoms with E-state index < -0.39 is 10.0 Å². The van der Waals surface area contributed by atoms with Gasteiger partial charge >= 0.3 is 0 Å². The van der Waals surface area contributed by atoms with Crippen LogP contribution in [0.2, 0.25) is 0 Å². The quantitative estimate of drug-likeness (QED) is 0.691. The first-order valence-corrected chi connectivity index (χ1v) is 7.69. The second-order valence-electron chi connectivity index (χ2n) is 4.39. The number of nitrogens with zero attached hydrogens (tertiary/aromatic N) is 3. The molecule has 1 aromatic rings. The average Bonchev–Trinajstić information content (AvgIpc) is 2.73. The molecule has 1 rings (SSSR count). The van der Waals surface area contributed by atoms with Crippen LogP contribution in [0, 0.1) is 0 Å². The number of aryl methyl sites for hydroxylation is 1. The van der Waals surface area contributed by atoms with Crippen LogP contribution >= 0.6 is 0 Å². The molecule has 0 amide bonds. The SMILES string of the molecule is CCCn1cc(CNCCS(=O)(=O)N(C)C)cn1. The van der Waals surface area contributed by atoms with E-state index in [1.807, 2.05) is 17.1 Å². The summed E-state index contributed by atoms with van der Waals surface area (Å²) in [5, 5.41) is 7.32. The second-order valence-corrected chi connectivity index (χ2v) is 6.69. The summed E-state index contributed by atoms with van der Waals surface area (Å²) in [5.74, 6) is 0.114. The molecular formula is C11H22N4O2S. The first-order chi connectivity index (χ1) is 8.45. The van der Waals surface area contributed by atoms with E-state index in [9.17, 15) is 8.42 Å². The first kappa shape index (κ1) is 15.1. The molecule has 0 aliphatic heterocycles. The van der Waals surface area contributed by atoms with Gasteiger partial charge in [0.25, 0.3) is 0 Å². The fraction of sp³-hybridized carbons (Fsp3) is 0.727. The Kier molecular flexibility index (Phi) is 5.77. The van der Waals surface area contributed by atoms with Crippen molar-refractivity contribution in [1.29, 1.82) is 0 Å². The third-order valence-corrected chi connectivity index (χ3v) is 4.39. The number of nitrogens with one attached hydrogen (secondary N) is 1. The minimum Gasteiger partial charge on any atom is -0.311 e. The molecule has 104 valence electrons. The molecule has 1 N–H and O–H groups in total. The maximum Gasteiger partial charge on any atom is 0.214 e. The standard InChI is InChI=1S/C11H22N4O2S/c1-4-6-15-10-11(9-13-15)8-12-5-7-18(16,17)14(2)3/h9-10,12H,4-8H2,1-3H3. The fourth-order valence-electron chi connectivity index (χ4n) is 1.47. The molecule has 1 aromatic heterocycles. The van der Waals surface area contributed by atoms with Crippen molar-refractivity contribution in [3.8, 4) is 0 Å². The summed E-state index contributed by atoms with van der Waals surface area (Å²) in [5.41, 5.74) is 1.07. The van der Waals surface area contributed by atoms with Gasteiger partial charge in [-0.1, -0.05) is 6.92 Å². The molecular weight excluding hydrogens is 252 g/mol. The molecule has 0 bridgehead atoms.